The van der Waals surface area contributed by atoms with Gasteiger partial charge < -0.3 is 0 Å². The summed E-state index contributed by atoms with van der Waals surface area (Å²) < 4.78 is 2.02. The Labute approximate surface area is 126 Å². The van der Waals surface area contributed by atoms with Crippen molar-refractivity contribution in [3.05, 3.63) is 57.8 Å². The van der Waals surface area contributed by atoms with Gasteiger partial charge in [0.2, 0.25) is 0 Å². The Kier molecular flexibility index (Phi) is 3.76. The molecule has 0 saturated carbocycles. The molecule has 6 heteroatoms. The van der Waals surface area contributed by atoms with E-state index in [1.165, 1.54) is 0 Å². The summed E-state index contributed by atoms with van der Waals surface area (Å²) in [4.78, 5) is 5.58. The van der Waals surface area contributed by atoms with Gasteiger partial charge in [0.15, 0.2) is 4.96 Å². The molecule has 104 valence electrons. The summed E-state index contributed by atoms with van der Waals surface area (Å²) >= 11 is 7.74. The molecule has 0 spiro atoms. The zero-order chi connectivity index (χ0) is 14.1. The van der Waals surface area contributed by atoms with Gasteiger partial charge in [-0.1, -0.05) is 17.7 Å². The second-order valence-electron chi connectivity index (χ2n) is 4.81. The van der Waals surface area contributed by atoms with Crippen LogP contribution >= 0.6 is 22.9 Å². The van der Waals surface area contributed by atoms with Crippen LogP contribution in [0.25, 0.3) is 4.96 Å². The van der Waals surface area contributed by atoms with Gasteiger partial charge in [0.1, 0.15) is 0 Å². The number of hydrogen-bond donors (Lipinski definition) is 2. The van der Waals surface area contributed by atoms with E-state index in [0.29, 0.717) is 0 Å². The van der Waals surface area contributed by atoms with E-state index in [2.05, 4.69) is 16.5 Å². The second-order valence-corrected chi connectivity index (χ2v) is 6.12. The largest absolute Gasteiger partial charge is 0.297 e. The Morgan fingerprint density at radius 2 is 2.30 bits per heavy atom. The number of aromatic nitrogens is 2. The van der Waals surface area contributed by atoms with Crippen LogP contribution in [0.4, 0.5) is 0 Å². The Morgan fingerprint density at radius 3 is 3.00 bits per heavy atom. The van der Waals surface area contributed by atoms with Crippen LogP contribution in [0, 0.1) is 6.92 Å². The maximum Gasteiger partial charge on any atom is 0.193 e. The van der Waals surface area contributed by atoms with Gasteiger partial charge in [-0.05, 0) is 30.2 Å². The molecule has 1 aromatic carbocycles. The van der Waals surface area contributed by atoms with Crippen LogP contribution in [0.5, 0.6) is 0 Å². The molecule has 0 aliphatic carbocycles. The minimum absolute atomic E-state index is 0.00277. The number of aryl methyl sites for hydroxylation is 1. The highest BCUT2D eigenvalue weighted by atomic mass is 35.5. The number of halogens is 1. The predicted octanol–water partition coefficient (Wildman–Crippen LogP) is 3.10. The van der Waals surface area contributed by atoms with Crippen molar-refractivity contribution >= 4 is 27.9 Å². The molecule has 0 radical (unpaired) electrons. The van der Waals surface area contributed by atoms with Crippen LogP contribution in [0.3, 0.4) is 0 Å². The lowest BCUT2D eigenvalue weighted by Crippen LogP contribution is -2.29. The molecule has 0 aliphatic rings. The lowest BCUT2D eigenvalue weighted by atomic mass is 10.0. The Bertz CT molecular complexity index is 685. The van der Waals surface area contributed by atoms with E-state index in [1.807, 2.05) is 41.2 Å². The fourth-order valence-corrected chi connectivity index (χ4v) is 3.34. The quantitative estimate of drug-likeness (QED) is 0.575. The summed E-state index contributed by atoms with van der Waals surface area (Å²) in [5.74, 6) is 5.70. The highest BCUT2D eigenvalue weighted by Crippen LogP contribution is 2.23. The molecule has 2 heterocycles. The van der Waals surface area contributed by atoms with Gasteiger partial charge in [-0.15, -0.1) is 11.3 Å². The van der Waals surface area contributed by atoms with Crippen molar-refractivity contribution in [2.45, 2.75) is 19.4 Å². The average molecular weight is 307 g/mol. The molecule has 3 rings (SSSR count). The normalized spacial score (nSPS) is 12.9. The number of fused-ring (bicyclic) bond motifs is 1. The van der Waals surface area contributed by atoms with Gasteiger partial charge in [0.05, 0.1) is 11.7 Å². The number of nitrogens with one attached hydrogen (secondary N) is 1. The Balaban J connectivity index is 1.87. The molecule has 0 bridgehead atoms. The standard InChI is InChI=1S/C14H15ClN4S/c1-9-4-10(6-11(15)5-9)13(18-16)7-12-8-19-2-3-20-14(19)17-12/h2-6,8,13,18H,7,16H2,1H3. The first kappa shape index (κ1) is 13.6. The zero-order valence-corrected chi connectivity index (χ0v) is 12.6. The highest BCUT2D eigenvalue weighted by Gasteiger charge is 2.14. The fraction of sp³-hybridized carbons (Fsp3) is 0.214. The van der Waals surface area contributed by atoms with Crippen LogP contribution in [-0.2, 0) is 6.42 Å². The number of imidazole rings is 1. The molecule has 1 atom stereocenters. The molecular formula is C14H15ClN4S. The fourth-order valence-electron chi connectivity index (χ4n) is 2.32. The first-order valence-corrected chi connectivity index (χ1v) is 7.56. The predicted molar refractivity (Wildman–Crippen MR) is 83.0 cm³/mol. The minimum atomic E-state index is -0.00277. The summed E-state index contributed by atoms with van der Waals surface area (Å²) in [6.45, 7) is 2.02. The molecule has 0 aliphatic heterocycles. The number of nitrogens with zero attached hydrogens (tertiary/aromatic N) is 2. The van der Waals surface area contributed by atoms with Crippen molar-refractivity contribution in [3.8, 4) is 0 Å². The average Bonchev–Trinajstić information content (AvgIpc) is 2.95. The third-order valence-corrected chi connectivity index (χ3v) is 4.21. The van der Waals surface area contributed by atoms with Crippen molar-refractivity contribution in [3.63, 3.8) is 0 Å². The number of thiazole rings is 1. The van der Waals surface area contributed by atoms with Gasteiger partial charge in [0.25, 0.3) is 0 Å². The van der Waals surface area contributed by atoms with Crippen molar-refractivity contribution in [2.24, 2.45) is 5.84 Å². The van der Waals surface area contributed by atoms with Crippen LogP contribution in [0.15, 0.2) is 36.0 Å². The molecule has 1 unspecified atom stereocenters. The first-order chi connectivity index (χ1) is 9.65. The SMILES string of the molecule is Cc1cc(Cl)cc(C(Cc2cn3ccsc3n2)NN)c1. The van der Waals surface area contributed by atoms with Gasteiger partial charge in [-0.3, -0.25) is 15.7 Å². The lowest BCUT2D eigenvalue weighted by molar-refractivity contribution is 0.547. The Hall–Kier alpha value is -1.40. The van der Waals surface area contributed by atoms with E-state index < -0.39 is 0 Å². The molecule has 2 aromatic heterocycles. The monoisotopic (exact) mass is 306 g/mol. The van der Waals surface area contributed by atoms with Crippen LogP contribution in [0.1, 0.15) is 22.9 Å². The van der Waals surface area contributed by atoms with E-state index in [9.17, 15) is 0 Å². The van der Waals surface area contributed by atoms with E-state index in [4.69, 9.17) is 17.4 Å². The molecule has 0 fully saturated rings. The summed E-state index contributed by atoms with van der Waals surface area (Å²) in [5, 5.41) is 2.75. The summed E-state index contributed by atoms with van der Waals surface area (Å²) in [6.07, 6.45) is 4.77. The van der Waals surface area contributed by atoms with E-state index in [1.54, 1.807) is 11.3 Å². The molecule has 3 N–H and O–H groups in total. The van der Waals surface area contributed by atoms with Gasteiger partial charge in [-0.2, -0.15) is 0 Å². The molecule has 0 amide bonds. The van der Waals surface area contributed by atoms with E-state index >= 15 is 0 Å². The van der Waals surface area contributed by atoms with Crippen LogP contribution in [0.2, 0.25) is 5.02 Å². The van der Waals surface area contributed by atoms with Gasteiger partial charge in [-0.25, -0.2) is 4.98 Å². The Morgan fingerprint density at radius 1 is 1.45 bits per heavy atom. The van der Waals surface area contributed by atoms with Crippen molar-refractivity contribution < 1.29 is 0 Å². The zero-order valence-electron chi connectivity index (χ0n) is 11.0. The van der Waals surface area contributed by atoms with Crippen molar-refractivity contribution in [1.82, 2.24) is 14.8 Å². The third-order valence-electron chi connectivity index (χ3n) is 3.22. The van der Waals surface area contributed by atoms with Crippen LogP contribution in [-0.4, -0.2) is 9.38 Å². The number of rotatable bonds is 4. The molecule has 0 saturated heterocycles. The maximum absolute atomic E-state index is 6.11. The molecular weight excluding hydrogens is 292 g/mol. The van der Waals surface area contributed by atoms with Gasteiger partial charge in [0, 0.05) is 29.2 Å². The van der Waals surface area contributed by atoms with E-state index in [-0.39, 0.29) is 6.04 Å². The first-order valence-electron chi connectivity index (χ1n) is 6.30. The van der Waals surface area contributed by atoms with Gasteiger partial charge >= 0.3 is 0 Å². The molecule has 3 aromatic rings. The summed E-state index contributed by atoms with van der Waals surface area (Å²) in [5.41, 5.74) is 6.07. The summed E-state index contributed by atoms with van der Waals surface area (Å²) in [7, 11) is 0. The number of hydrogen-bond acceptors (Lipinski definition) is 4. The second kappa shape index (κ2) is 5.54. The molecule has 20 heavy (non-hydrogen) atoms. The number of hydrazine groups is 1. The minimum Gasteiger partial charge on any atom is -0.297 e. The third kappa shape index (κ3) is 2.71. The summed E-state index contributed by atoms with van der Waals surface area (Å²) in [6, 6.07) is 5.97. The van der Waals surface area contributed by atoms with Crippen molar-refractivity contribution in [1.29, 1.82) is 0 Å². The maximum atomic E-state index is 6.11. The number of benzene rings is 1. The van der Waals surface area contributed by atoms with E-state index in [0.717, 1.165) is 33.2 Å². The number of nitrogens with two attached hydrogens (primary N) is 1. The highest BCUT2D eigenvalue weighted by molar-refractivity contribution is 7.15. The smallest absolute Gasteiger partial charge is 0.193 e. The molecule has 4 nitrogen and oxygen atoms in total. The lowest BCUT2D eigenvalue weighted by Gasteiger charge is -2.16. The van der Waals surface area contributed by atoms with Crippen LogP contribution < -0.4 is 11.3 Å². The topological polar surface area (TPSA) is 55.3 Å². The van der Waals surface area contributed by atoms with Crippen molar-refractivity contribution in [2.75, 3.05) is 0 Å².